The molecule has 0 spiro atoms. The lowest BCUT2D eigenvalue weighted by Crippen LogP contribution is -2.32. The Balaban J connectivity index is 1.75. The molecule has 0 saturated heterocycles. The third-order valence-corrected chi connectivity index (χ3v) is 4.67. The fourth-order valence-electron chi connectivity index (χ4n) is 3.43. The van der Waals surface area contributed by atoms with Crippen LogP contribution in [-0.4, -0.2) is 30.2 Å². The molecule has 3 aromatic heterocycles. The predicted molar refractivity (Wildman–Crippen MR) is 105 cm³/mol. The van der Waals surface area contributed by atoms with Gasteiger partial charge in [-0.2, -0.15) is 5.10 Å². The number of nitrogens with one attached hydrogen (secondary N) is 1. The molecule has 0 saturated carbocycles. The van der Waals surface area contributed by atoms with Crippen LogP contribution in [-0.2, 0) is 18.4 Å². The number of hydrogen-bond acceptors (Lipinski definition) is 4. The van der Waals surface area contributed by atoms with E-state index >= 15 is 0 Å². The molecule has 3 aromatic rings. The second-order valence-corrected chi connectivity index (χ2v) is 7.53. The first-order valence-corrected chi connectivity index (χ1v) is 9.43. The van der Waals surface area contributed by atoms with Crippen molar-refractivity contribution in [3.63, 3.8) is 0 Å². The van der Waals surface area contributed by atoms with Crippen molar-refractivity contribution in [2.75, 3.05) is 0 Å². The minimum Gasteiger partial charge on any atom is -0.346 e. The number of fused-ring (bicyclic) bond motifs is 1. The fourth-order valence-corrected chi connectivity index (χ4v) is 3.43. The number of nitrogens with zero attached hydrogens (tertiary/aromatic N) is 5. The van der Waals surface area contributed by atoms with Crippen LogP contribution in [0.5, 0.6) is 0 Å². The fraction of sp³-hybridized carbons (Fsp3) is 0.500. The van der Waals surface area contributed by atoms with Crippen LogP contribution < -0.4 is 5.32 Å². The van der Waals surface area contributed by atoms with Gasteiger partial charge in [0.1, 0.15) is 11.3 Å². The van der Waals surface area contributed by atoms with E-state index in [-0.39, 0.29) is 11.9 Å². The van der Waals surface area contributed by atoms with Gasteiger partial charge in [-0.05, 0) is 44.4 Å². The van der Waals surface area contributed by atoms with Gasteiger partial charge in [-0.1, -0.05) is 13.8 Å². The van der Waals surface area contributed by atoms with Crippen molar-refractivity contribution in [2.24, 2.45) is 13.0 Å². The van der Waals surface area contributed by atoms with Crippen molar-refractivity contribution in [3.8, 4) is 0 Å². The first kappa shape index (κ1) is 19.1. The number of amides is 1. The van der Waals surface area contributed by atoms with E-state index in [0.29, 0.717) is 18.9 Å². The summed E-state index contributed by atoms with van der Waals surface area (Å²) in [6.07, 6.45) is 2.97. The highest BCUT2D eigenvalue weighted by Crippen LogP contribution is 2.23. The highest BCUT2D eigenvalue weighted by atomic mass is 16.1. The van der Waals surface area contributed by atoms with Crippen LogP contribution in [0.25, 0.3) is 11.2 Å². The molecule has 1 amide bonds. The Morgan fingerprint density at radius 1 is 1.30 bits per heavy atom. The van der Waals surface area contributed by atoms with Crippen molar-refractivity contribution in [3.05, 3.63) is 41.6 Å². The zero-order valence-corrected chi connectivity index (χ0v) is 16.7. The Labute approximate surface area is 159 Å². The van der Waals surface area contributed by atoms with E-state index in [1.165, 1.54) is 0 Å². The van der Waals surface area contributed by atoms with Crippen LogP contribution in [0.15, 0.2) is 24.4 Å². The molecule has 144 valence electrons. The standard InChI is InChI=1S/C20H28N6O/c1-13(2)11-17(20-23-16-7-6-9-21-19(16)25(20)5)22-18(27)8-10-26-15(4)12-14(3)24-26/h6-7,9,12-13,17H,8,10-11H2,1-5H3,(H,22,27). The highest BCUT2D eigenvalue weighted by molar-refractivity contribution is 5.76. The highest BCUT2D eigenvalue weighted by Gasteiger charge is 2.22. The van der Waals surface area contributed by atoms with Crippen LogP contribution in [0.1, 0.15) is 49.9 Å². The minimum atomic E-state index is -0.142. The monoisotopic (exact) mass is 368 g/mol. The molecule has 0 radical (unpaired) electrons. The van der Waals surface area contributed by atoms with E-state index in [9.17, 15) is 4.79 Å². The van der Waals surface area contributed by atoms with Crippen molar-refractivity contribution in [1.82, 2.24) is 29.6 Å². The Morgan fingerprint density at radius 3 is 2.70 bits per heavy atom. The van der Waals surface area contributed by atoms with E-state index in [1.54, 1.807) is 6.20 Å². The molecule has 1 N–H and O–H groups in total. The second-order valence-electron chi connectivity index (χ2n) is 7.53. The Morgan fingerprint density at radius 2 is 2.07 bits per heavy atom. The van der Waals surface area contributed by atoms with Crippen LogP contribution >= 0.6 is 0 Å². The topological polar surface area (TPSA) is 77.6 Å². The Bertz CT molecular complexity index is 939. The summed E-state index contributed by atoms with van der Waals surface area (Å²) in [6.45, 7) is 8.84. The molecule has 0 aliphatic heterocycles. The third kappa shape index (κ3) is 4.35. The van der Waals surface area contributed by atoms with Gasteiger partial charge < -0.3 is 9.88 Å². The average molecular weight is 368 g/mol. The van der Waals surface area contributed by atoms with Gasteiger partial charge in [0.25, 0.3) is 0 Å². The molecule has 0 bridgehead atoms. The van der Waals surface area contributed by atoms with Crippen LogP contribution in [0.2, 0.25) is 0 Å². The molecular weight excluding hydrogens is 340 g/mol. The largest absolute Gasteiger partial charge is 0.346 e. The Hall–Kier alpha value is -2.70. The van der Waals surface area contributed by atoms with Crippen molar-refractivity contribution in [2.45, 2.75) is 53.1 Å². The molecule has 27 heavy (non-hydrogen) atoms. The maximum atomic E-state index is 12.6. The van der Waals surface area contributed by atoms with E-state index in [0.717, 1.165) is 34.8 Å². The van der Waals surface area contributed by atoms with Gasteiger partial charge >= 0.3 is 0 Å². The summed E-state index contributed by atoms with van der Waals surface area (Å²) in [4.78, 5) is 21.8. The summed E-state index contributed by atoms with van der Waals surface area (Å²) in [5.74, 6) is 1.28. The number of pyridine rings is 1. The van der Waals surface area contributed by atoms with Gasteiger partial charge in [0.2, 0.25) is 5.91 Å². The lowest BCUT2D eigenvalue weighted by Gasteiger charge is -2.20. The summed E-state index contributed by atoms with van der Waals surface area (Å²) in [5.41, 5.74) is 3.72. The number of carbonyl (C=O) groups is 1. The van der Waals surface area contributed by atoms with Crippen LogP contribution in [0.4, 0.5) is 0 Å². The number of hydrogen-bond donors (Lipinski definition) is 1. The summed E-state index contributed by atoms with van der Waals surface area (Å²) in [6, 6.07) is 5.70. The Kier molecular flexibility index (Phi) is 5.58. The first-order chi connectivity index (χ1) is 12.8. The molecule has 0 aromatic carbocycles. The quantitative estimate of drug-likeness (QED) is 0.695. The summed E-state index contributed by atoms with van der Waals surface area (Å²) >= 11 is 0. The molecule has 0 aliphatic carbocycles. The summed E-state index contributed by atoms with van der Waals surface area (Å²) in [7, 11) is 1.95. The molecule has 7 nitrogen and oxygen atoms in total. The van der Waals surface area contributed by atoms with Crippen LogP contribution in [0, 0.1) is 19.8 Å². The van der Waals surface area contributed by atoms with E-state index in [2.05, 4.69) is 29.2 Å². The molecule has 0 fully saturated rings. The van der Waals surface area contributed by atoms with Gasteiger partial charge in [0, 0.05) is 31.9 Å². The van der Waals surface area contributed by atoms with E-state index in [1.807, 2.05) is 48.3 Å². The van der Waals surface area contributed by atoms with Crippen LogP contribution in [0.3, 0.4) is 0 Å². The molecule has 7 heteroatoms. The number of imidazole rings is 1. The second kappa shape index (κ2) is 7.90. The molecular formula is C20H28N6O. The zero-order valence-electron chi connectivity index (χ0n) is 16.7. The van der Waals surface area contributed by atoms with Gasteiger partial charge in [-0.25, -0.2) is 9.97 Å². The average Bonchev–Trinajstić information content (AvgIpc) is 3.11. The SMILES string of the molecule is Cc1cc(C)n(CCC(=O)NC(CC(C)C)c2nc3cccnc3n2C)n1. The minimum absolute atomic E-state index is 0.00761. The summed E-state index contributed by atoms with van der Waals surface area (Å²) in [5, 5.41) is 7.59. The smallest absolute Gasteiger partial charge is 0.222 e. The molecule has 1 atom stereocenters. The molecule has 3 rings (SSSR count). The van der Waals surface area contributed by atoms with Gasteiger partial charge in [-0.15, -0.1) is 0 Å². The number of aryl methyl sites for hydroxylation is 4. The predicted octanol–water partition coefficient (Wildman–Crippen LogP) is 3.08. The number of aromatic nitrogens is 5. The van der Waals surface area contributed by atoms with Crippen molar-refractivity contribution in [1.29, 1.82) is 0 Å². The maximum Gasteiger partial charge on any atom is 0.222 e. The number of rotatable bonds is 7. The van der Waals surface area contributed by atoms with E-state index in [4.69, 9.17) is 4.98 Å². The first-order valence-electron chi connectivity index (χ1n) is 9.43. The third-order valence-electron chi connectivity index (χ3n) is 4.67. The summed E-state index contributed by atoms with van der Waals surface area (Å²) < 4.78 is 3.86. The molecule has 0 aliphatic rings. The maximum absolute atomic E-state index is 12.6. The van der Waals surface area contributed by atoms with Gasteiger partial charge in [0.05, 0.1) is 11.7 Å². The van der Waals surface area contributed by atoms with Gasteiger partial charge in [-0.3, -0.25) is 9.48 Å². The van der Waals surface area contributed by atoms with Gasteiger partial charge in [0.15, 0.2) is 5.65 Å². The normalized spacial score (nSPS) is 12.7. The zero-order chi connectivity index (χ0) is 19.6. The van der Waals surface area contributed by atoms with E-state index < -0.39 is 0 Å². The molecule has 1 unspecified atom stereocenters. The van der Waals surface area contributed by atoms with Crippen molar-refractivity contribution >= 4 is 17.1 Å². The lowest BCUT2D eigenvalue weighted by atomic mass is 10.0. The number of carbonyl (C=O) groups excluding carboxylic acids is 1. The molecule has 3 heterocycles. The van der Waals surface area contributed by atoms with Crippen molar-refractivity contribution < 1.29 is 4.79 Å². The lowest BCUT2D eigenvalue weighted by molar-refractivity contribution is -0.122.